The van der Waals surface area contributed by atoms with Crippen molar-refractivity contribution >= 4 is 45.1 Å². The van der Waals surface area contributed by atoms with Crippen LogP contribution in [0.15, 0.2) is 48.5 Å². The Balaban J connectivity index is 1.86. The van der Waals surface area contributed by atoms with Crippen molar-refractivity contribution in [3.05, 3.63) is 69.7 Å². The number of likely N-dealkylation sites (N-methyl/N-ethyl adjacent to an activating group) is 1. The van der Waals surface area contributed by atoms with E-state index in [9.17, 15) is 23.1 Å². The van der Waals surface area contributed by atoms with E-state index in [4.69, 9.17) is 23.2 Å². The molecule has 7 nitrogen and oxygen atoms in total. The number of likely N-dealkylation sites (tertiary alicyclic amines) is 1. The van der Waals surface area contributed by atoms with Crippen LogP contribution in [0, 0.1) is 5.41 Å². The van der Waals surface area contributed by atoms with Crippen LogP contribution in [0.2, 0.25) is 10.0 Å². The molecule has 1 saturated heterocycles. The molecule has 2 aromatic carbocycles. The third-order valence-electron chi connectivity index (χ3n) is 8.60. The molecule has 1 heterocycles. The zero-order chi connectivity index (χ0) is 29.2. The second-order valence-corrected chi connectivity index (χ2v) is 14.4. The molecule has 2 fully saturated rings. The molecule has 2 aliphatic rings. The highest BCUT2D eigenvalue weighted by Crippen LogP contribution is 2.52. The molecule has 4 atom stereocenters. The Morgan fingerprint density at radius 3 is 2.30 bits per heavy atom. The normalized spacial score (nSPS) is 24.6. The highest BCUT2D eigenvalue weighted by atomic mass is 35.5. The molecule has 0 bridgehead atoms. The molecule has 1 aliphatic carbocycles. The number of hydrogen-bond donors (Lipinski definition) is 1. The Morgan fingerprint density at radius 2 is 1.77 bits per heavy atom. The molecule has 1 N–H and O–H groups in total. The lowest BCUT2D eigenvalue weighted by atomic mass is 9.67. The Bertz CT molecular complexity index is 1330. The van der Waals surface area contributed by atoms with E-state index < -0.39 is 33.5 Å². The minimum atomic E-state index is -3.52. The second kappa shape index (κ2) is 12.4. The van der Waals surface area contributed by atoms with Crippen LogP contribution in [0.3, 0.4) is 0 Å². The van der Waals surface area contributed by atoms with Gasteiger partial charge in [-0.3, -0.25) is 9.59 Å². The molecular weight excluding hydrogens is 571 g/mol. The van der Waals surface area contributed by atoms with E-state index in [0.29, 0.717) is 42.3 Å². The van der Waals surface area contributed by atoms with E-state index in [1.165, 1.54) is 4.31 Å². The van der Waals surface area contributed by atoms with Gasteiger partial charge in [-0.05, 0) is 61.1 Å². The lowest BCUT2D eigenvalue weighted by Crippen LogP contribution is -2.59. The van der Waals surface area contributed by atoms with E-state index in [1.807, 2.05) is 44.2 Å². The number of carbonyl (C=O) groups is 2. The predicted octanol–water partition coefficient (Wildman–Crippen LogP) is 6.51. The highest BCUT2D eigenvalue weighted by molar-refractivity contribution is 7.89. The second-order valence-electron chi connectivity index (χ2n) is 11.3. The lowest BCUT2D eigenvalue weighted by molar-refractivity contribution is -0.160. The molecule has 40 heavy (non-hydrogen) atoms. The molecule has 2 aromatic rings. The fraction of sp³-hybridized carbons (Fsp3) is 0.533. The fourth-order valence-electron chi connectivity index (χ4n) is 6.22. The number of halogens is 2. The van der Waals surface area contributed by atoms with Gasteiger partial charge in [0.15, 0.2) is 0 Å². The zero-order valence-corrected chi connectivity index (χ0v) is 25.6. The van der Waals surface area contributed by atoms with Crippen LogP contribution < -0.4 is 0 Å². The van der Waals surface area contributed by atoms with Crippen LogP contribution in [0.1, 0.15) is 82.4 Å². The Morgan fingerprint density at radius 1 is 1.10 bits per heavy atom. The molecule has 1 unspecified atom stereocenters. The number of sulfonamides is 1. The van der Waals surface area contributed by atoms with Gasteiger partial charge in [-0.15, -0.1) is 0 Å². The van der Waals surface area contributed by atoms with Gasteiger partial charge in [0.1, 0.15) is 0 Å². The maximum atomic E-state index is 14.4. The maximum Gasteiger partial charge on any atom is 0.304 e. The number of rotatable bonds is 11. The molecule has 1 saturated carbocycles. The number of aliphatic carboxylic acids is 1. The summed E-state index contributed by atoms with van der Waals surface area (Å²) in [7, 11) is -3.52. The summed E-state index contributed by atoms with van der Waals surface area (Å²) in [5, 5.41) is 10.6. The van der Waals surface area contributed by atoms with Crippen LogP contribution in [0.4, 0.5) is 0 Å². The van der Waals surface area contributed by atoms with Crippen molar-refractivity contribution in [2.45, 2.75) is 82.5 Å². The average Bonchev–Trinajstić information content (AvgIpc) is 2.85. The standard InChI is InChI=1S/C30H38Cl2N2O5S/c1-4-24(19-33(5-2)40(38,39)25-10-7-11-25)34-28(20-12-14-22(31)15-13-20)26(21-8-6-9-23(32)16-21)17-30(3,29(34)37)18-27(35)36/h6,8-9,12-16,24-26,28H,4-5,7,10-11,17-19H2,1-3H3,(H,35,36)/t24-,26?,28+,30+/m0/s1. The van der Waals surface area contributed by atoms with Crippen molar-refractivity contribution in [1.29, 1.82) is 0 Å². The monoisotopic (exact) mass is 608 g/mol. The largest absolute Gasteiger partial charge is 0.481 e. The molecule has 10 heteroatoms. The molecule has 0 spiro atoms. The summed E-state index contributed by atoms with van der Waals surface area (Å²) < 4.78 is 28.4. The number of benzene rings is 2. The number of hydrogen-bond acceptors (Lipinski definition) is 4. The first-order chi connectivity index (χ1) is 18.9. The van der Waals surface area contributed by atoms with Crippen LogP contribution in [-0.2, 0) is 19.6 Å². The number of carboxylic acids is 1. The van der Waals surface area contributed by atoms with Gasteiger partial charge in [-0.1, -0.05) is 74.7 Å². The zero-order valence-electron chi connectivity index (χ0n) is 23.2. The molecule has 1 aliphatic heterocycles. The van der Waals surface area contributed by atoms with Crippen LogP contribution in [-0.4, -0.2) is 59.0 Å². The first-order valence-corrected chi connectivity index (χ1v) is 16.2. The minimum Gasteiger partial charge on any atom is -0.481 e. The Hall–Kier alpha value is -2.13. The SMILES string of the molecule is CC[C@@H](CN(CC)S(=O)(=O)C1CCC1)N1C(=O)[C@@](C)(CC(=O)O)CC(c2cccc(Cl)c2)[C@H]1c1ccc(Cl)cc1. The fourth-order valence-corrected chi connectivity index (χ4v) is 8.64. The molecule has 1 amide bonds. The van der Waals surface area contributed by atoms with E-state index in [1.54, 1.807) is 30.0 Å². The molecular formula is C30H38Cl2N2O5S. The smallest absolute Gasteiger partial charge is 0.304 e. The van der Waals surface area contributed by atoms with Gasteiger partial charge in [0.2, 0.25) is 15.9 Å². The quantitative estimate of drug-likeness (QED) is 0.313. The molecule has 218 valence electrons. The summed E-state index contributed by atoms with van der Waals surface area (Å²) in [4.78, 5) is 28.2. The van der Waals surface area contributed by atoms with Crippen molar-refractivity contribution < 1.29 is 23.1 Å². The minimum absolute atomic E-state index is 0.146. The van der Waals surface area contributed by atoms with Gasteiger partial charge in [0.25, 0.3) is 0 Å². The van der Waals surface area contributed by atoms with Gasteiger partial charge in [-0.2, -0.15) is 4.31 Å². The first kappa shape index (κ1) is 30.8. The van der Waals surface area contributed by atoms with Crippen LogP contribution in [0.25, 0.3) is 0 Å². The summed E-state index contributed by atoms with van der Waals surface area (Å²) in [5.41, 5.74) is 0.549. The van der Waals surface area contributed by atoms with E-state index in [-0.39, 0.29) is 30.0 Å². The number of nitrogens with zero attached hydrogens (tertiary/aromatic N) is 2. The average molecular weight is 610 g/mol. The van der Waals surface area contributed by atoms with Crippen LogP contribution in [0.5, 0.6) is 0 Å². The Labute approximate surface area is 247 Å². The summed E-state index contributed by atoms with van der Waals surface area (Å²) >= 11 is 12.6. The summed E-state index contributed by atoms with van der Waals surface area (Å²) in [6, 6.07) is 13.8. The van der Waals surface area contributed by atoms with E-state index in [2.05, 4.69) is 0 Å². The molecule has 4 rings (SSSR count). The van der Waals surface area contributed by atoms with Crippen LogP contribution >= 0.6 is 23.2 Å². The third-order valence-corrected chi connectivity index (χ3v) is 11.5. The van der Waals surface area contributed by atoms with Gasteiger partial charge in [-0.25, -0.2) is 8.42 Å². The third kappa shape index (κ3) is 6.20. The van der Waals surface area contributed by atoms with Gasteiger partial charge in [0, 0.05) is 35.1 Å². The summed E-state index contributed by atoms with van der Waals surface area (Å²) in [6.07, 6.45) is 2.67. The van der Waals surface area contributed by atoms with E-state index in [0.717, 1.165) is 17.5 Å². The topological polar surface area (TPSA) is 95.0 Å². The van der Waals surface area contributed by atoms with E-state index >= 15 is 0 Å². The summed E-state index contributed by atoms with van der Waals surface area (Å²) in [6.45, 7) is 5.92. The number of amides is 1. The first-order valence-electron chi connectivity index (χ1n) is 14.0. The van der Waals surface area contributed by atoms with Crippen molar-refractivity contribution in [3.8, 4) is 0 Å². The van der Waals surface area contributed by atoms with Crippen molar-refractivity contribution in [1.82, 2.24) is 9.21 Å². The molecule has 0 aromatic heterocycles. The van der Waals surface area contributed by atoms with Gasteiger partial charge in [0.05, 0.1) is 23.1 Å². The van der Waals surface area contributed by atoms with Crippen molar-refractivity contribution in [2.24, 2.45) is 5.41 Å². The highest BCUT2D eigenvalue weighted by Gasteiger charge is 2.52. The summed E-state index contributed by atoms with van der Waals surface area (Å²) in [5.74, 6) is -1.62. The number of carboxylic acid groups (broad SMARTS) is 1. The van der Waals surface area contributed by atoms with Gasteiger partial charge < -0.3 is 10.0 Å². The number of carbonyl (C=O) groups excluding carboxylic acids is 1. The number of piperidine rings is 1. The predicted molar refractivity (Wildman–Crippen MR) is 158 cm³/mol. The maximum absolute atomic E-state index is 14.4. The van der Waals surface area contributed by atoms with Crippen molar-refractivity contribution in [3.63, 3.8) is 0 Å². The molecule has 0 radical (unpaired) electrons. The van der Waals surface area contributed by atoms with Crippen molar-refractivity contribution in [2.75, 3.05) is 13.1 Å². The Kier molecular flexibility index (Phi) is 9.55. The van der Waals surface area contributed by atoms with Gasteiger partial charge >= 0.3 is 5.97 Å². The lowest BCUT2D eigenvalue weighted by Gasteiger charge is -2.52.